The van der Waals surface area contributed by atoms with E-state index < -0.39 is 27.8 Å². The lowest BCUT2D eigenvalue weighted by atomic mass is 10.1. The lowest BCUT2D eigenvalue weighted by Crippen LogP contribution is -2.31. The van der Waals surface area contributed by atoms with Gasteiger partial charge in [-0.2, -0.15) is 0 Å². The summed E-state index contributed by atoms with van der Waals surface area (Å²) in [6, 6.07) is 4.00. The second kappa shape index (κ2) is 7.42. The minimum Gasteiger partial charge on any atom is -0.495 e. The predicted molar refractivity (Wildman–Crippen MR) is 83.0 cm³/mol. The Hall–Kier alpha value is -2.13. The molecule has 128 valence electrons. The molecule has 1 aromatic rings. The van der Waals surface area contributed by atoms with Gasteiger partial charge in [0.05, 0.1) is 13.0 Å². The Morgan fingerprint density at radius 1 is 1.35 bits per heavy atom. The van der Waals surface area contributed by atoms with Gasteiger partial charge < -0.3 is 15.2 Å². The summed E-state index contributed by atoms with van der Waals surface area (Å²) in [5.41, 5.74) is 0.101. The van der Waals surface area contributed by atoms with Crippen molar-refractivity contribution in [3.63, 3.8) is 0 Å². The molecule has 1 atom stereocenters. The normalized spacial score (nSPS) is 12.7. The molecule has 9 heteroatoms. The molecule has 0 saturated heterocycles. The molecule has 0 fully saturated rings. The molecular weight excluding hydrogens is 324 g/mol. The number of ether oxygens (including phenoxy) is 1. The van der Waals surface area contributed by atoms with Crippen molar-refractivity contribution < 1.29 is 27.9 Å². The quantitative estimate of drug-likeness (QED) is 0.740. The summed E-state index contributed by atoms with van der Waals surface area (Å²) in [7, 11) is 0.288. The van der Waals surface area contributed by atoms with Crippen LogP contribution in [-0.2, 0) is 14.8 Å². The van der Waals surface area contributed by atoms with Gasteiger partial charge in [-0.15, -0.1) is 0 Å². The molecule has 0 radical (unpaired) electrons. The minimum absolute atomic E-state index is 0.0596. The van der Waals surface area contributed by atoms with Crippen LogP contribution in [0.2, 0.25) is 0 Å². The monoisotopic (exact) mass is 344 g/mol. The SMILES string of the molecule is COc1ccc(C(=O)NCC(C)C(=O)O)cc1S(=O)(=O)N(C)C. The van der Waals surface area contributed by atoms with Crippen molar-refractivity contribution in [2.75, 3.05) is 27.7 Å². The van der Waals surface area contributed by atoms with Crippen LogP contribution in [0.1, 0.15) is 17.3 Å². The van der Waals surface area contributed by atoms with Gasteiger partial charge in [0, 0.05) is 26.2 Å². The van der Waals surface area contributed by atoms with E-state index in [-0.39, 0.29) is 22.8 Å². The number of amides is 1. The first-order valence-electron chi connectivity index (χ1n) is 6.72. The molecule has 1 aromatic carbocycles. The van der Waals surface area contributed by atoms with E-state index in [9.17, 15) is 18.0 Å². The highest BCUT2D eigenvalue weighted by Crippen LogP contribution is 2.26. The largest absolute Gasteiger partial charge is 0.495 e. The second-order valence-corrected chi connectivity index (χ2v) is 7.22. The van der Waals surface area contributed by atoms with Crippen molar-refractivity contribution in [1.82, 2.24) is 9.62 Å². The number of methoxy groups -OCH3 is 1. The zero-order chi connectivity index (χ0) is 17.8. The summed E-state index contributed by atoms with van der Waals surface area (Å²) in [5, 5.41) is 11.2. The lowest BCUT2D eigenvalue weighted by molar-refractivity contribution is -0.140. The maximum absolute atomic E-state index is 12.3. The Morgan fingerprint density at radius 2 is 1.96 bits per heavy atom. The number of carbonyl (C=O) groups excluding carboxylic acids is 1. The summed E-state index contributed by atoms with van der Waals surface area (Å²) >= 11 is 0. The fraction of sp³-hybridized carbons (Fsp3) is 0.429. The van der Waals surface area contributed by atoms with Crippen molar-refractivity contribution in [3.8, 4) is 5.75 Å². The average Bonchev–Trinajstić information content (AvgIpc) is 2.51. The molecule has 1 amide bonds. The fourth-order valence-electron chi connectivity index (χ4n) is 1.65. The van der Waals surface area contributed by atoms with Crippen LogP contribution in [0.5, 0.6) is 5.75 Å². The highest BCUT2D eigenvalue weighted by atomic mass is 32.2. The predicted octanol–water partition coefficient (Wildman–Crippen LogP) is 0.396. The van der Waals surface area contributed by atoms with E-state index in [0.29, 0.717) is 0 Å². The number of sulfonamides is 1. The molecule has 0 aromatic heterocycles. The molecule has 0 bridgehead atoms. The van der Waals surface area contributed by atoms with Crippen LogP contribution in [-0.4, -0.2) is 57.5 Å². The van der Waals surface area contributed by atoms with Gasteiger partial charge in [-0.3, -0.25) is 9.59 Å². The van der Waals surface area contributed by atoms with Crippen LogP contribution in [0.3, 0.4) is 0 Å². The number of nitrogens with one attached hydrogen (secondary N) is 1. The Bertz CT molecular complexity index is 699. The molecule has 1 rings (SSSR count). The molecule has 23 heavy (non-hydrogen) atoms. The number of hydrogen-bond acceptors (Lipinski definition) is 5. The number of hydrogen-bond donors (Lipinski definition) is 2. The number of carboxylic acids is 1. The number of benzene rings is 1. The van der Waals surface area contributed by atoms with E-state index >= 15 is 0 Å². The van der Waals surface area contributed by atoms with Crippen molar-refractivity contribution in [1.29, 1.82) is 0 Å². The molecular formula is C14H20N2O6S. The van der Waals surface area contributed by atoms with E-state index in [1.807, 2.05) is 0 Å². The molecule has 0 saturated carbocycles. The third-order valence-corrected chi connectivity index (χ3v) is 5.01. The second-order valence-electron chi connectivity index (χ2n) is 5.10. The van der Waals surface area contributed by atoms with Crippen LogP contribution < -0.4 is 10.1 Å². The maximum Gasteiger partial charge on any atom is 0.308 e. The van der Waals surface area contributed by atoms with Gasteiger partial charge in [0.2, 0.25) is 10.0 Å². The summed E-state index contributed by atoms with van der Waals surface area (Å²) in [4.78, 5) is 22.7. The van der Waals surface area contributed by atoms with Gasteiger partial charge >= 0.3 is 5.97 Å². The van der Waals surface area contributed by atoms with E-state index in [1.165, 1.54) is 46.3 Å². The first-order valence-corrected chi connectivity index (χ1v) is 8.16. The first kappa shape index (κ1) is 18.9. The molecule has 2 N–H and O–H groups in total. The maximum atomic E-state index is 12.3. The number of aliphatic carboxylic acids is 1. The highest BCUT2D eigenvalue weighted by molar-refractivity contribution is 7.89. The zero-order valence-electron chi connectivity index (χ0n) is 13.4. The summed E-state index contributed by atoms with van der Waals surface area (Å²) in [6.07, 6.45) is 0. The van der Waals surface area contributed by atoms with Gasteiger partial charge in [-0.25, -0.2) is 12.7 Å². The standard InChI is InChI=1S/C14H20N2O6S/c1-9(14(18)19)8-15-13(17)10-5-6-11(22-4)12(7-10)23(20,21)16(2)3/h5-7,9H,8H2,1-4H3,(H,15,17)(H,18,19). The van der Waals surface area contributed by atoms with Gasteiger partial charge in [0.25, 0.3) is 5.91 Å². The summed E-state index contributed by atoms with van der Waals surface area (Å²) < 4.78 is 30.6. The Morgan fingerprint density at radius 3 is 2.43 bits per heavy atom. The van der Waals surface area contributed by atoms with Gasteiger partial charge in [-0.1, -0.05) is 6.92 Å². The third kappa shape index (κ3) is 4.42. The van der Waals surface area contributed by atoms with E-state index in [4.69, 9.17) is 9.84 Å². The molecule has 0 heterocycles. The highest BCUT2D eigenvalue weighted by Gasteiger charge is 2.24. The van der Waals surface area contributed by atoms with Gasteiger partial charge in [-0.05, 0) is 18.2 Å². The lowest BCUT2D eigenvalue weighted by Gasteiger charge is -2.15. The van der Waals surface area contributed by atoms with Crippen LogP contribution in [0.15, 0.2) is 23.1 Å². The number of rotatable bonds is 7. The van der Waals surface area contributed by atoms with E-state index in [0.717, 1.165) is 4.31 Å². The van der Waals surface area contributed by atoms with Crippen LogP contribution in [0.4, 0.5) is 0 Å². The topological polar surface area (TPSA) is 113 Å². The molecule has 1 unspecified atom stereocenters. The Balaban J connectivity index is 3.11. The van der Waals surface area contributed by atoms with E-state index in [2.05, 4.69) is 5.32 Å². The molecule has 0 aliphatic carbocycles. The summed E-state index contributed by atoms with van der Waals surface area (Å²) in [6.45, 7) is 1.40. The van der Waals surface area contributed by atoms with Crippen molar-refractivity contribution in [3.05, 3.63) is 23.8 Å². The first-order chi connectivity index (χ1) is 10.6. The smallest absolute Gasteiger partial charge is 0.308 e. The van der Waals surface area contributed by atoms with Crippen molar-refractivity contribution in [2.24, 2.45) is 5.92 Å². The Kier molecular flexibility index (Phi) is 6.11. The molecule has 0 aliphatic heterocycles. The van der Waals surface area contributed by atoms with Gasteiger partial charge in [0.1, 0.15) is 10.6 Å². The number of nitrogens with zero attached hydrogens (tertiary/aromatic N) is 1. The minimum atomic E-state index is -3.79. The third-order valence-electron chi connectivity index (χ3n) is 3.17. The van der Waals surface area contributed by atoms with Gasteiger partial charge in [0.15, 0.2) is 0 Å². The molecule has 0 spiro atoms. The molecule has 8 nitrogen and oxygen atoms in total. The fourth-order valence-corrected chi connectivity index (χ4v) is 2.73. The van der Waals surface area contributed by atoms with Crippen molar-refractivity contribution in [2.45, 2.75) is 11.8 Å². The summed E-state index contributed by atoms with van der Waals surface area (Å²) in [5.74, 6) is -2.22. The van der Waals surface area contributed by atoms with Crippen LogP contribution in [0.25, 0.3) is 0 Å². The van der Waals surface area contributed by atoms with E-state index in [1.54, 1.807) is 0 Å². The zero-order valence-corrected chi connectivity index (χ0v) is 14.2. The number of carboxylic acid groups (broad SMARTS) is 1. The molecule has 0 aliphatic rings. The number of carbonyl (C=O) groups is 2. The van der Waals surface area contributed by atoms with Crippen LogP contribution in [0, 0.1) is 5.92 Å². The average molecular weight is 344 g/mol. The van der Waals surface area contributed by atoms with Crippen molar-refractivity contribution >= 4 is 21.9 Å². The Labute approximate surface area is 135 Å². The van der Waals surface area contributed by atoms with Crippen LogP contribution >= 0.6 is 0 Å².